The Morgan fingerprint density at radius 3 is 2.94 bits per heavy atom. The Labute approximate surface area is 109 Å². The van der Waals surface area contributed by atoms with Crippen molar-refractivity contribution in [2.75, 3.05) is 39.4 Å². The van der Waals surface area contributed by atoms with Gasteiger partial charge in [0.25, 0.3) is 0 Å². The lowest BCUT2D eigenvalue weighted by Gasteiger charge is -2.27. The Bertz CT molecular complexity index is 332. The van der Waals surface area contributed by atoms with Crippen LogP contribution in [-0.2, 0) is 0 Å². The first kappa shape index (κ1) is 13.3. The first-order chi connectivity index (χ1) is 8.90. The number of para-hydroxylation sites is 1. The van der Waals surface area contributed by atoms with Crippen molar-refractivity contribution in [3.63, 3.8) is 0 Å². The third-order valence-electron chi connectivity index (χ3n) is 3.30. The van der Waals surface area contributed by atoms with E-state index in [4.69, 9.17) is 4.74 Å². The largest absolute Gasteiger partial charge is 0.492 e. The van der Waals surface area contributed by atoms with Crippen LogP contribution in [0.1, 0.15) is 6.42 Å². The third kappa shape index (κ3) is 3.98. The van der Waals surface area contributed by atoms with Gasteiger partial charge in [0.2, 0.25) is 0 Å². The molecule has 4 heteroatoms. The van der Waals surface area contributed by atoms with Crippen molar-refractivity contribution < 1.29 is 9.84 Å². The Morgan fingerprint density at radius 2 is 2.17 bits per heavy atom. The Balaban J connectivity index is 1.77. The summed E-state index contributed by atoms with van der Waals surface area (Å²) >= 11 is 0. The van der Waals surface area contributed by atoms with Crippen molar-refractivity contribution in [3.05, 3.63) is 30.3 Å². The molecule has 2 rings (SSSR count). The van der Waals surface area contributed by atoms with E-state index in [2.05, 4.69) is 10.2 Å². The zero-order valence-electron chi connectivity index (χ0n) is 10.7. The number of nitrogens with one attached hydrogen (secondary N) is 1. The minimum atomic E-state index is 0.207. The van der Waals surface area contributed by atoms with Gasteiger partial charge in [-0.3, -0.25) is 4.90 Å². The summed E-state index contributed by atoms with van der Waals surface area (Å²) in [7, 11) is 0. The summed E-state index contributed by atoms with van der Waals surface area (Å²) in [5.74, 6) is 0.908. The lowest BCUT2D eigenvalue weighted by molar-refractivity contribution is 0.115. The SMILES string of the molecule is OCC1CNCCCN1CCOc1ccccc1. The summed E-state index contributed by atoms with van der Waals surface area (Å²) in [4.78, 5) is 2.31. The predicted octanol–water partition coefficient (Wildman–Crippen LogP) is 0.722. The standard InChI is InChI=1S/C14H22N2O2/c17-12-13-11-15-7-4-8-16(13)9-10-18-14-5-2-1-3-6-14/h1-3,5-6,13,15,17H,4,7-12H2. The fraction of sp³-hybridized carbons (Fsp3) is 0.571. The summed E-state index contributed by atoms with van der Waals surface area (Å²) in [6.07, 6.45) is 1.13. The number of ether oxygens (including phenoxy) is 1. The molecule has 0 saturated carbocycles. The van der Waals surface area contributed by atoms with E-state index >= 15 is 0 Å². The van der Waals surface area contributed by atoms with E-state index in [9.17, 15) is 5.11 Å². The highest BCUT2D eigenvalue weighted by atomic mass is 16.5. The molecule has 18 heavy (non-hydrogen) atoms. The van der Waals surface area contributed by atoms with Gasteiger partial charge in [-0.25, -0.2) is 0 Å². The van der Waals surface area contributed by atoms with Gasteiger partial charge in [0.15, 0.2) is 0 Å². The molecule has 4 nitrogen and oxygen atoms in total. The maximum Gasteiger partial charge on any atom is 0.119 e. The van der Waals surface area contributed by atoms with Crippen molar-refractivity contribution in [3.8, 4) is 5.75 Å². The molecule has 0 spiro atoms. The highest BCUT2D eigenvalue weighted by Crippen LogP contribution is 2.09. The van der Waals surface area contributed by atoms with Gasteiger partial charge in [0, 0.05) is 19.1 Å². The second kappa shape index (κ2) is 7.36. The first-order valence-corrected chi connectivity index (χ1v) is 6.63. The molecule has 0 aromatic heterocycles. The van der Waals surface area contributed by atoms with Gasteiger partial charge in [-0.15, -0.1) is 0 Å². The van der Waals surface area contributed by atoms with E-state index in [0.717, 1.165) is 38.3 Å². The van der Waals surface area contributed by atoms with Crippen LogP contribution in [0.5, 0.6) is 5.75 Å². The highest BCUT2D eigenvalue weighted by Gasteiger charge is 2.19. The molecule has 0 aliphatic carbocycles. The van der Waals surface area contributed by atoms with Gasteiger partial charge in [-0.05, 0) is 31.6 Å². The molecule has 100 valence electrons. The third-order valence-corrected chi connectivity index (χ3v) is 3.30. The van der Waals surface area contributed by atoms with Gasteiger partial charge < -0.3 is 15.2 Å². The van der Waals surface area contributed by atoms with Gasteiger partial charge in [-0.1, -0.05) is 18.2 Å². The topological polar surface area (TPSA) is 44.7 Å². The minimum absolute atomic E-state index is 0.207. The Morgan fingerprint density at radius 1 is 1.33 bits per heavy atom. The van der Waals surface area contributed by atoms with E-state index in [1.165, 1.54) is 0 Å². The molecule has 1 heterocycles. The van der Waals surface area contributed by atoms with Crippen LogP contribution in [0.15, 0.2) is 30.3 Å². The molecule has 0 radical (unpaired) electrons. The van der Waals surface area contributed by atoms with E-state index in [1.807, 2.05) is 30.3 Å². The molecular weight excluding hydrogens is 228 g/mol. The number of hydrogen-bond donors (Lipinski definition) is 2. The Hall–Kier alpha value is -1.10. The van der Waals surface area contributed by atoms with Crippen molar-refractivity contribution >= 4 is 0 Å². The number of benzene rings is 1. The molecule has 1 fully saturated rings. The predicted molar refractivity (Wildman–Crippen MR) is 71.9 cm³/mol. The molecule has 1 aromatic rings. The summed E-state index contributed by atoms with van der Waals surface area (Å²) < 4.78 is 5.70. The van der Waals surface area contributed by atoms with Crippen molar-refractivity contribution in [1.82, 2.24) is 10.2 Å². The zero-order chi connectivity index (χ0) is 12.6. The van der Waals surface area contributed by atoms with Crippen LogP contribution in [0.4, 0.5) is 0 Å². The van der Waals surface area contributed by atoms with Gasteiger partial charge in [-0.2, -0.15) is 0 Å². The average Bonchev–Trinajstić information content (AvgIpc) is 2.65. The molecule has 2 N–H and O–H groups in total. The number of aliphatic hydroxyl groups excluding tert-OH is 1. The highest BCUT2D eigenvalue weighted by molar-refractivity contribution is 5.20. The maximum absolute atomic E-state index is 9.38. The molecule has 1 aliphatic heterocycles. The quantitative estimate of drug-likeness (QED) is 0.808. The molecule has 1 aliphatic rings. The molecular formula is C14H22N2O2. The van der Waals surface area contributed by atoms with Crippen molar-refractivity contribution in [1.29, 1.82) is 0 Å². The second-order valence-electron chi connectivity index (χ2n) is 4.59. The smallest absolute Gasteiger partial charge is 0.119 e. The molecule has 1 aromatic carbocycles. The minimum Gasteiger partial charge on any atom is -0.492 e. The van der Waals surface area contributed by atoms with Crippen LogP contribution < -0.4 is 10.1 Å². The monoisotopic (exact) mass is 250 g/mol. The fourth-order valence-electron chi connectivity index (χ4n) is 2.26. The lowest BCUT2D eigenvalue weighted by atomic mass is 10.2. The summed E-state index contributed by atoms with van der Waals surface area (Å²) in [5.41, 5.74) is 0. The molecule has 1 saturated heterocycles. The fourth-order valence-corrected chi connectivity index (χ4v) is 2.26. The molecule has 0 bridgehead atoms. The normalized spacial score (nSPS) is 21.5. The van der Waals surface area contributed by atoms with Crippen LogP contribution in [0.2, 0.25) is 0 Å². The number of rotatable bonds is 5. The van der Waals surface area contributed by atoms with Gasteiger partial charge in [0.05, 0.1) is 6.61 Å². The summed E-state index contributed by atoms with van der Waals surface area (Å²) in [5, 5.41) is 12.7. The zero-order valence-corrected chi connectivity index (χ0v) is 10.7. The number of hydrogen-bond acceptors (Lipinski definition) is 4. The van der Waals surface area contributed by atoms with E-state index < -0.39 is 0 Å². The maximum atomic E-state index is 9.38. The second-order valence-corrected chi connectivity index (χ2v) is 4.59. The Kier molecular flexibility index (Phi) is 5.45. The lowest BCUT2D eigenvalue weighted by Crippen LogP contribution is -2.44. The van der Waals surface area contributed by atoms with E-state index in [0.29, 0.717) is 6.61 Å². The van der Waals surface area contributed by atoms with Crippen LogP contribution in [-0.4, -0.2) is 55.4 Å². The van der Waals surface area contributed by atoms with Crippen LogP contribution in [0.25, 0.3) is 0 Å². The van der Waals surface area contributed by atoms with E-state index in [1.54, 1.807) is 0 Å². The molecule has 1 atom stereocenters. The summed E-state index contributed by atoms with van der Waals surface area (Å²) in [6.45, 7) is 4.66. The number of aliphatic hydroxyl groups is 1. The van der Waals surface area contributed by atoms with Crippen LogP contribution in [0, 0.1) is 0 Å². The van der Waals surface area contributed by atoms with E-state index in [-0.39, 0.29) is 12.6 Å². The molecule has 0 amide bonds. The van der Waals surface area contributed by atoms with Crippen LogP contribution in [0.3, 0.4) is 0 Å². The first-order valence-electron chi connectivity index (χ1n) is 6.63. The molecule has 1 unspecified atom stereocenters. The van der Waals surface area contributed by atoms with Gasteiger partial charge in [0.1, 0.15) is 12.4 Å². The average molecular weight is 250 g/mol. The van der Waals surface area contributed by atoms with Crippen LogP contribution >= 0.6 is 0 Å². The van der Waals surface area contributed by atoms with Gasteiger partial charge >= 0.3 is 0 Å². The van der Waals surface area contributed by atoms with Crippen molar-refractivity contribution in [2.45, 2.75) is 12.5 Å². The summed E-state index contributed by atoms with van der Waals surface area (Å²) in [6, 6.07) is 10.1. The van der Waals surface area contributed by atoms with Crippen molar-refractivity contribution in [2.24, 2.45) is 0 Å². The number of nitrogens with zero attached hydrogens (tertiary/aromatic N) is 1.